The van der Waals surface area contributed by atoms with Gasteiger partial charge in [-0.25, -0.2) is 0 Å². The van der Waals surface area contributed by atoms with Gasteiger partial charge in [0.05, 0.1) is 19.5 Å². The zero-order valence-corrected chi connectivity index (χ0v) is 22.1. The van der Waals surface area contributed by atoms with Crippen molar-refractivity contribution in [3.8, 4) is 0 Å². The molecule has 3 aromatic carbocycles. The highest BCUT2D eigenvalue weighted by atomic mass is 32.2. The number of ether oxygens (including phenoxy) is 6. The predicted octanol–water partition coefficient (Wildman–Crippen LogP) is 4.04. The van der Waals surface area contributed by atoms with Gasteiger partial charge in [0.2, 0.25) is 0 Å². The molecule has 3 aliphatic heterocycles. The van der Waals surface area contributed by atoms with Crippen molar-refractivity contribution in [1.29, 1.82) is 0 Å². The second-order valence-electron chi connectivity index (χ2n) is 9.71. The van der Waals surface area contributed by atoms with Crippen molar-refractivity contribution in [2.24, 2.45) is 0 Å². The van der Waals surface area contributed by atoms with E-state index < -0.39 is 59.5 Å². The van der Waals surface area contributed by atoms with E-state index in [1.165, 1.54) is 0 Å². The maximum Gasteiger partial charge on any atom is 0.264 e. The molecule has 3 aliphatic rings. The Bertz CT molecular complexity index is 1320. The molecule has 206 valence electrons. The zero-order valence-electron chi connectivity index (χ0n) is 21.3. The Kier molecular flexibility index (Phi) is 7.79. The SMILES string of the molecule is CS(=O)(=O)O[C@H]1CO[C@H](c2ccccc2)O[C@@H]1[C@H]1O[C@@H](c2ccccc2)O[C@@H]2CO[C@H](c3ccccc3)O[C@H]12. The van der Waals surface area contributed by atoms with E-state index in [1.807, 2.05) is 91.0 Å². The summed E-state index contributed by atoms with van der Waals surface area (Å²) >= 11 is 0. The Labute approximate surface area is 227 Å². The number of benzene rings is 3. The Morgan fingerprint density at radius 3 is 1.59 bits per heavy atom. The molecule has 0 aliphatic carbocycles. The van der Waals surface area contributed by atoms with E-state index in [1.54, 1.807) is 0 Å². The molecule has 39 heavy (non-hydrogen) atoms. The summed E-state index contributed by atoms with van der Waals surface area (Å²) in [6, 6.07) is 28.5. The molecule has 3 fully saturated rings. The average Bonchev–Trinajstić information content (AvgIpc) is 2.97. The summed E-state index contributed by atoms with van der Waals surface area (Å²) < 4.78 is 67.6. The molecular formula is C29H30O9S. The minimum atomic E-state index is -3.84. The van der Waals surface area contributed by atoms with Crippen LogP contribution in [0.4, 0.5) is 0 Å². The third kappa shape index (κ3) is 6.08. The molecule has 0 amide bonds. The second kappa shape index (κ2) is 11.4. The van der Waals surface area contributed by atoms with Crippen molar-refractivity contribution in [2.45, 2.75) is 49.4 Å². The van der Waals surface area contributed by atoms with Gasteiger partial charge in [0.1, 0.15) is 30.5 Å². The van der Waals surface area contributed by atoms with Crippen LogP contribution in [0.3, 0.4) is 0 Å². The molecule has 3 saturated heterocycles. The summed E-state index contributed by atoms with van der Waals surface area (Å²) in [4.78, 5) is 0. The fraction of sp³-hybridized carbons (Fsp3) is 0.379. The van der Waals surface area contributed by atoms with Crippen LogP contribution in [0.5, 0.6) is 0 Å². The van der Waals surface area contributed by atoms with Gasteiger partial charge in [-0.1, -0.05) is 91.0 Å². The third-order valence-corrected chi connectivity index (χ3v) is 7.46. The topological polar surface area (TPSA) is 98.8 Å². The van der Waals surface area contributed by atoms with Gasteiger partial charge in [-0.05, 0) is 0 Å². The van der Waals surface area contributed by atoms with Crippen LogP contribution in [0.25, 0.3) is 0 Å². The van der Waals surface area contributed by atoms with Crippen molar-refractivity contribution in [3.05, 3.63) is 108 Å². The van der Waals surface area contributed by atoms with Gasteiger partial charge in [-0.3, -0.25) is 4.18 Å². The number of hydrogen-bond acceptors (Lipinski definition) is 9. The Hall–Kier alpha value is -2.67. The largest absolute Gasteiger partial charge is 0.346 e. The van der Waals surface area contributed by atoms with Crippen molar-refractivity contribution in [1.82, 2.24) is 0 Å². The number of hydrogen-bond donors (Lipinski definition) is 0. The molecule has 3 aromatic rings. The lowest BCUT2D eigenvalue weighted by Crippen LogP contribution is -2.62. The molecule has 10 heteroatoms. The second-order valence-corrected chi connectivity index (χ2v) is 11.3. The number of fused-ring (bicyclic) bond motifs is 1. The van der Waals surface area contributed by atoms with Gasteiger partial charge in [0, 0.05) is 16.7 Å². The minimum Gasteiger partial charge on any atom is -0.346 e. The lowest BCUT2D eigenvalue weighted by Gasteiger charge is -2.50. The maximum atomic E-state index is 12.2. The molecular weight excluding hydrogens is 524 g/mol. The van der Waals surface area contributed by atoms with Crippen LogP contribution in [-0.2, 0) is 42.7 Å². The summed E-state index contributed by atoms with van der Waals surface area (Å²) in [5.74, 6) is 0. The Morgan fingerprint density at radius 2 is 1.05 bits per heavy atom. The fourth-order valence-corrected chi connectivity index (χ4v) is 5.72. The van der Waals surface area contributed by atoms with Crippen LogP contribution in [0, 0.1) is 0 Å². The first-order valence-electron chi connectivity index (χ1n) is 12.8. The summed E-state index contributed by atoms with van der Waals surface area (Å²) in [5.41, 5.74) is 2.44. The van der Waals surface area contributed by atoms with E-state index in [0.717, 1.165) is 22.9 Å². The van der Waals surface area contributed by atoms with Crippen molar-refractivity contribution >= 4 is 10.1 Å². The maximum absolute atomic E-state index is 12.2. The van der Waals surface area contributed by atoms with Crippen molar-refractivity contribution in [3.63, 3.8) is 0 Å². The van der Waals surface area contributed by atoms with Gasteiger partial charge < -0.3 is 28.4 Å². The molecule has 8 atom stereocenters. The van der Waals surface area contributed by atoms with Crippen LogP contribution < -0.4 is 0 Å². The number of rotatable bonds is 6. The van der Waals surface area contributed by atoms with E-state index in [-0.39, 0.29) is 13.2 Å². The summed E-state index contributed by atoms with van der Waals surface area (Å²) in [6.45, 7) is 0.223. The first-order chi connectivity index (χ1) is 18.9. The molecule has 6 rings (SSSR count). The van der Waals surface area contributed by atoms with Gasteiger partial charge in [-0.2, -0.15) is 8.42 Å². The lowest BCUT2D eigenvalue weighted by atomic mass is 9.95. The summed E-state index contributed by atoms with van der Waals surface area (Å²) in [7, 11) is -3.84. The van der Waals surface area contributed by atoms with Crippen LogP contribution in [0.1, 0.15) is 35.6 Å². The third-order valence-electron chi connectivity index (χ3n) is 6.86. The average molecular weight is 555 g/mol. The monoisotopic (exact) mass is 554 g/mol. The van der Waals surface area contributed by atoms with E-state index in [9.17, 15) is 8.42 Å². The molecule has 0 aromatic heterocycles. The van der Waals surface area contributed by atoms with Crippen LogP contribution >= 0.6 is 0 Å². The summed E-state index contributed by atoms with van der Waals surface area (Å²) in [6.07, 6.45) is -4.91. The highest BCUT2D eigenvalue weighted by Crippen LogP contribution is 2.42. The van der Waals surface area contributed by atoms with Crippen LogP contribution in [0.15, 0.2) is 91.0 Å². The van der Waals surface area contributed by atoms with Gasteiger partial charge >= 0.3 is 0 Å². The molecule has 9 nitrogen and oxygen atoms in total. The lowest BCUT2D eigenvalue weighted by molar-refractivity contribution is -0.390. The van der Waals surface area contributed by atoms with Crippen molar-refractivity contribution in [2.75, 3.05) is 19.5 Å². The molecule has 0 saturated carbocycles. The molecule has 0 spiro atoms. The molecule has 0 unspecified atom stereocenters. The van der Waals surface area contributed by atoms with Gasteiger partial charge in [-0.15, -0.1) is 0 Å². The van der Waals surface area contributed by atoms with Crippen LogP contribution in [-0.4, -0.2) is 58.4 Å². The quantitative estimate of drug-likeness (QED) is 0.418. The molecule has 0 radical (unpaired) electrons. The molecule has 0 N–H and O–H groups in total. The predicted molar refractivity (Wildman–Crippen MR) is 139 cm³/mol. The van der Waals surface area contributed by atoms with E-state index in [4.69, 9.17) is 32.6 Å². The van der Waals surface area contributed by atoms with E-state index in [2.05, 4.69) is 0 Å². The molecule has 3 heterocycles. The zero-order chi connectivity index (χ0) is 26.8. The smallest absolute Gasteiger partial charge is 0.264 e. The highest BCUT2D eigenvalue weighted by Gasteiger charge is 2.53. The van der Waals surface area contributed by atoms with Crippen molar-refractivity contribution < 1.29 is 41.0 Å². The van der Waals surface area contributed by atoms with Crippen LogP contribution in [0.2, 0.25) is 0 Å². The first-order valence-corrected chi connectivity index (χ1v) is 14.6. The first kappa shape index (κ1) is 26.5. The molecule has 0 bridgehead atoms. The fourth-order valence-electron chi connectivity index (χ4n) is 5.11. The minimum absolute atomic E-state index is 0.0238. The normalized spacial score (nSPS) is 33.3. The van der Waals surface area contributed by atoms with E-state index >= 15 is 0 Å². The standard InChI is InChI=1S/C29H30O9S/c1-39(30,31)38-23-18-33-28(20-13-7-3-8-14-20)36-25(23)26-24-22(34-29(37-26)21-15-9-4-10-16-21)17-32-27(35-24)19-11-5-2-6-12-19/h2-16,22-29H,17-18H2,1H3/t22-,23+,24+,25+,26+,27+,28+,29+/m1/s1. The van der Waals surface area contributed by atoms with E-state index in [0.29, 0.717) is 0 Å². The Balaban J connectivity index is 1.35. The highest BCUT2D eigenvalue weighted by molar-refractivity contribution is 7.86. The Morgan fingerprint density at radius 1 is 0.590 bits per heavy atom. The van der Waals surface area contributed by atoms with Gasteiger partial charge in [0.15, 0.2) is 18.9 Å². The van der Waals surface area contributed by atoms with Gasteiger partial charge in [0.25, 0.3) is 10.1 Å². The summed E-state index contributed by atoms with van der Waals surface area (Å²) in [5, 5.41) is 0.